The lowest BCUT2D eigenvalue weighted by atomic mass is 10.1. The first-order valence-corrected chi connectivity index (χ1v) is 8.92. The van der Waals surface area contributed by atoms with Gasteiger partial charge in [0.15, 0.2) is 5.11 Å². The molecule has 0 amide bonds. The largest absolute Gasteiger partial charge is 0.492 e. The Hall–Kier alpha value is -2.60. The summed E-state index contributed by atoms with van der Waals surface area (Å²) in [4.78, 5) is 11.8. The Balaban J connectivity index is 1.82. The van der Waals surface area contributed by atoms with Crippen molar-refractivity contribution in [2.45, 2.75) is 20.8 Å². The van der Waals surface area contributed by atoms with Crippen molar-refractivity contribution >= 4 is 29.0 Å². The molecule has 0 atom stereocenters. The van der Waals surface area contributed by atoms with Crippen LogP contribution in [0.4, 0.5) is 5.69 Å². The van der Waals surface area contributed by atoms with Crippen LogP contribution in [0.25, 0.3) is 0 Å². The molecule has 2 N–H and O–H groups in total. The Kier molecular flexibility index (Phi) is 7.41. The minimum absolute atomic E-state index is 0.344. The fraction of sp³-hybridized carbons (Fsp3) is 0.300. The maximum atomic E-state index is 11.8. The molecular weight excluding hydrogens is 348 g/mol. The number of rotatable bonds is 7. The van der Waals surface area contributed by atoms with Gasteiger partial charge in [0.2, 0.25) is 0 Å². The minimum atomic E-state index is -0.346. The summed E-state index contributed by atoms with van der Waals surface area (Å²) in [5.41, 5.74) is 3.44. The van der Waals surface area contributed by atoms with Gasteiger partial charge >= 0.3 is 5.97 Å². The van der Waals surface area contributed by atoms with E-state index in [9.17, 15) is 4.79 Å². The molecule has 0 spiro atoms. The van der Waals surface area contributed by atoms with Gasteiger partial charge in [0.1, 0.15) is 12.4 Å². The molecule has 0 saturated heterocycles. The van der Waals surface area contributed by atoms with Gasteiger partial charge in [-0.1, -0.05) is 23.8 Å². The normalized spacial score (nSPS) is 10.1. The second-order valence-corrected chi connectivity index (χ2v) is 6.20. The van der Waals surface area contributed by atoms with Crippen molar-refractivity contribution in [3.8, 4) is 5.75 Å². The Morgan fingerprint density at radius 2 is 1.85 bits per heavy atom. The van der Waals surface area contributed by atoms with E-state index >= 15 is 0 Å². The van der Waals surface area contributed by atoms with E-state index in [2.05, 4.69) is 10.6 Å². The van der Waals surface area contributed by atoms with Crippen LogP contribution < -0.4 is 15.4 Å². The van der Waals surface area contributed by atoms with E-state index < -0.39 is 0 Å². The molecule has 0 aromatic heterocycles. The van der Waals surface area contributed by atoms with E-state index in [0.717, 1.165) is 17.0 Å². The van der Waals surface area contributed by atoms with Gasteiger partial charge in [0.25, 0.3) is 0 Å². The van der Waals surface area contributed by atoms with Gasteiger partial charge in [0.05, 0.1) is 18.7 Å². The number of thiocarbonyl (C=S) groups is 1. The predicted molar refractivity (Wildman–Crippen MR) is 108 cm³/mol. The van der Waals surface area contributed by atoms with Crippen LogP contribution in [-0.4, -0.2) is 30.8 Å². The highest BCUT2D eigenvalue weighted by molar-refractivity contribution is 7.80. The van der Waals surface area contributed by atoms with E-state index in [-0.39, 0.29) is 5.97 Å². The third-order valence-corrected chi connectivity index (χ3v) is 3.92. The van der Waals surface area contributed by atoms with Crippen LogP contribution in [0.1, 0.15) is 28.4 Å². The molecule has 5 nitrogen and oxygen atoms in total. The number of ether oxygens (including phenoxy) is 2. The lowest BCUT2D eigenvalue weighted by Gasteiger charge is -2.14. The summed E-state index contributed by atoms with van der Waals surface area (Å²) in [6.07, 6.45) is 0. The lowest BCUT2D eigenvalue weighted by molar-refractivity contribution is 0.0526. The molecule has 0 aliphatic heterocycles. The fourth-order valence-corrected chi connectivity index (χ4v) is 2.44. The molecule has 2 aromatic rings. The van der Waals surface area contributed by atoms with E-state index in [1.807, 2.05) is 44.2 Å². The van der Waals surface area contributed by atoms with Crippen LogP contribution in [0, 0.1) is 13.8 Å². The van der Waals surface area contributed by atoms with Crippen molar-refractivity contribution in [1.82, 2.24) is 5.32 Å². The Morgan fingerprint density at radius 3 is 2.54 bits per heavy atom. The number of carbonyl (C=O) groups excluding carboxylic acids is 1. The molecule has 0 saturated carbocycles. The molecule has 0 unspecified atom stereocenters. The molecular formula is C20H24N2O3S. The lowest BCUT2D eigenvalue weighted by Crippen LogP contribution is -2.32. The fourth-order valence-electron chi connectivity index (χ4n) is 2.23. The second kappa shape index (κ2) is 9.77. The predicted octanol–water partition coefficient (Wildman–Crippen LogP) is 3.85. The molecule has 0 aliphatic rings. The molecule has 6 heteroatoms. The second-order valence-electron chi connectivity index (χ2n) is 5.79. The zero-order valence-corrected chi connectivity index (χ0v) is 16.1. The van der Waals surface area contributed by atoms with Crippen molar-refractivity contribution in [3.63, 3.8) is 0 Å². The van der Waals surface area contributed by atoms with Crippen LogP contribution in [0.5, 0.6) is 5.75 Å². The van der Waals surface area contributed by atoms with E-state index in [1.165, 1.54) is 5.56 Å². The molecule has 0 heterocycles. The van der Waals surface area contributed by atoms with Gasteiger partial charge in [-0.3, -0.25) is 0 Å². The van der Waals surface area contributed by atoms with Crippen LogP contribution in [0.3, 0.4) is 0 Å². The minimum Gasteiger partial charge on any atom is -0.492 e. The van der Waals surface area contributed by atoms with Crippen molar-refractivity contribution in [3.05, 3.63) is 59.2 Å². The van der Waals surface area contributed by atoms with Gasteiger partial charge < -0.3 is 20.1 Å². The van der Waals surface area contributed by atoms with E-state index in [4.69, 9.17) is 21.7 Å². The summed E-state index contributed by atoms with van der Waals surface area (Å²) in [6.45, 7) is 7.16. The number of benzene rings is 2. The highest BCUT2D eigenvalue weighted by Gasteiger charge is 2.09. The average molecular weight is 372 g/mol. The smallest absolute Gasteiger partial charge is 0.338 e. The zero-order chi connectivity index (χ0) is 18.9. The number of aryl methyl sites for hydroxylation is 2. The summed E-state index contributed by atoms with van der Waals surface area (Å²) >= 11 is 5.31. The number of nitrogens with one attached hydrogen (secondary N) is 2. The summed E-state index contributed by atoms with van der Waals surface area (Å²) in [6, 6.07) is 13.2. The number of esters is 1. The summed E-state index contributed by atoms with van der Waals surface area (Å²) < 4.78 is 10.7. The Labute approximate surface area is 159 Å². The molecule has 0 aliphatic carbocycles. The standard InChI is InChI=1S/C20H24N2O3S/c1-4-24-19(23)16-8-7-15(3)18(13-16)22-20(26)21-11-12-25-17-9-5-14(2)6-10-17/h5-10,13H,4,11-12H2,1-3H3,(H2,21,22,26). The van der Waals surface area contributed by atoms with Crippen LogP contribution >= 0.6 is 12.2 Å². The molecule has 26 heavy (non-hydrogen) atoms. The first kappa shape index (κ1) is 19.7. The molecule has 2 aromatic carbocycles. The molecule has 0 bridgehead atoms. The number of hydrogen-bond acceptors (Lipinski definition) is 4. The number of hydrogen-bond donors (Lipinski definition) is 2. The van der Waals surface area contributed by atoms with Crippen LogP contribution in [0.15, 0.2) is 42.5 Å². The quantitative estimate of drug-likeness (QED) is 0.437. The maximum Gasteiger partial charge on any atom is 0.338 e. The highest BCUT2D eigenvalue weighted by atomic mass is 32.1. The van der Waals surface area contributed by atoms with Crippen molar-refractivity contribution < 1.29 is 14.3 Å². The van der Waals surface area contributed by atoms with Gasteiger partial charge in [-0.25, -0.2) is 4.79 Å². The number of carbonyl (C=O) groups is 1. The third-order valence-electron chi connectivity index (χ3n) is 3.67. The molecule has 138 valence electrons. The van der Waals surface area contributed by atoms with Crippen molar-refractivity contribution in [2.75, 3.05) is 25.1 Å². The zero-order valence-electron chi connectivity index (χ0n) is 15.3. The number of anilines is 1. The van der Waals surface area contributed by atoms with Crippen LogP contribution in [0.2, 0.25) is 0 Å². The topological polar surface area (TPSA) is 59.6 Å². The summed E-state index contributed by atoms with van der Waals surface area (Å²) in [7, 11) is 0. The highest BCUT2D eigenvalue weighted by Crippen LogP contribution is 2.17. The Morgan fingerprint density at radius 1 is 1.12 bits per heavy atom. The van der Waals surface area contributed by atoms with Gasteiger partial charge in [0, 0.05) is 5.69 Å². The Bertz CT molecular complexity index is 760. The van der Waals surface area contributed by atoms with Gasteiger partial charge in [-0.05, 0) is 62.8 Å². The van der Waals surface area contributed by atoms with E-state index in [1.54, 1.807) is 19.1 Å². The maximum absolute atomic E-state index is 11.8. The molecule has 2 rings (SSSR count). The van der Waals surface area contributed by atoms with E-state index in [0.29, 0.717) is 30.4 Å². The monoisotopic (exact) mass is 372 g/mol. The first-order valence-electron chi connectivity index (χ1n) is 8.51. The van der Waals surface area contributed by atoms with Crippen molar-refractivity contribution in [2.24, 2.45) is 0 Å². The summed E-state index contributed by atoms with van der Waals surface area (Å²) in [5.74, 6) is 0.482. The first-order chi connectivity index (χ1) is 12.5. The third kappa shape index (κ3) is 6.04. The summed E-state index contributed by atoms with van der Waals surface area (Å²) in [5, 5.41) is 6.68. The average Bonchev–Trinajstić information content (AvgIpc) is 2.62. The molecule has 0 fully saturated rings. The molecule has 0 radical (unpaired) electrons. The van der Waals surface area contributed by atoms with Crippen molar-refractivity contribution in [1.29, 1.82) is 0 Å². The SMILES string of the molecule is CCOC(=O)c1ccc(C)c(NC(=S)NCCOc2ccc(C)cc2)c1. The van der Waals surface area contributed by atoms with Crippen LogP contribution in [-0.2, 0) is 4.74 Å². The van der Waals surface area contributed by atoms with Gasteiger partial charge in [-0.2, -0.15) is 0 Å². The van der Waals surface area contributed by atoms with Gasteiger partial charge in [-0.15, -0.1) is 0 Å².